The molecule has 194 valence electrons. The first-order chi connectivity index (χ1) is 16.4. The lowest BCUT2D eigenvalue weighted by Gasteiger charge is -2.59. The van der Waals surface area contributed by atoms with Crippen molar-refractivity contribution in [3.05, 3.63) is 12.2 Å². The molecule has 35 heavy (non-hydrogen) atoms. The number of carbonyl (C=O) groups excluding carboxylic acids is 3. The lowest BCUT2D eigenvalue weighted by molar-refractivity contribution is -0.169. The number of nitrogens with two attached hydrogens (primary N) is 1. The fraction of sp³-hybridized carbons (Fsp3) is 0.731. The molecule has 9 heteroatoms. The number of ketones is 2. The Bertz CT molecular complexity index is 897. The second-order valence-corrected chi connectivity index (χ2v) is 11.0. The Balaban J connectivity index is 0.000000371. The molecule has 4 aliphatic rings. The zero-order valence-electron chi connectivity index (χ0n) is 20.5. The van der Waals surface area contributed by atoms with E-state index >= 15 is 0 Å². The second-order valence-electron chi connectivity index (χ2n) is 11.0. The summed E-state index contributed by atoms with van der Waals surface area (Å²) in [4.78, 5) is 56.6. The molecule has 0 aromatic carbocycles. The number of hydrogen-bond acceptors (Lipinski definition) is 7. The maximum Gasteiger partial charge on any atom is 0.328 e. The number of hydrogen-bond donors (Lipinski definition) is 3. The normalized spacial score (nSPS) is 38.0. The predicted octanol–water partition coefficient (Wildman–Crippen LogP) is 2.75. The summed E-state index contributed by atoms with van der Waals surface area (Å²) >= 11 is 0. The van der Waals surface area contributed by atoms with Gasteiger partial charge in [-0.3, -0.25) is 14.4 Å². The van der Waals surface area contributed by atoms with E-state index in [-0.39, 0.29) is 35.2 Å². The summed E-state index contributed by atoms with van der Waals surface area (Å²) in [5, 5.41) is 15.6. The van der Waals surface area contributed by atoms with E-state index in [1.54, 1.807) is 0 Å². The summed E-state index contributed by atoms with van der Waals surface area (Å²) < 4.78 is 5.59. The van der Waals surface area contributed by atoms with Gasteiger partial charge >= 0.3 is 17.9 Å². The van der Waals surface area contributed by atoms with Crippen LogP contribution in [0.1, 0.15) is 71.6 Å². The minimum absolute atomic E-state index is 0.00960. The highest BCUT2D eigenvalue weighted by atomic mass is 16.5. The summed E-state index contributed by atoms with van der Waals surface area (Å²) in [5.74, 6) is -0.756. The zero-order valence-corrected chi connectivity index (χ0v) is 20.5. The standard InChI is InChI=1S/C22H33NO4.C4H4O4/c1-21-8-5-13(27-20(26)7-10-23)11-17(21)18(24)12-14-15-3-4-19(25)22(15,2)9-6-16(14)21;5-3(6)1-2-4(7)8/h13-17H,3-12,23H2,1-2H3;1-2H,(H,5,6)(H,7,8)/b;2-1+/t13-,14-,15-,16-,17?,21+,22-;/m0./s1. The van der Waals surface area contributed by atoms with Crippen molar-refractivity contribution in [2.75, 3.05) is 6.54 Å². The van der Waals surface area contributed by atoms with Crippen LogP contribution >= 0.6 is 0 Å². The average Bonchev–Trinajstić information content (AvgIpc) is 3.09. The Morgan fingerprint density at radius 1 is 1.03 bits per heavy atom. The van der Waals surface area contributed by atoms with Crippen LogP contribution in [0.15, 0.2) is 12.2 Å². The van der Waals surface area contributed by atoms with Gasteiger partial charge in [-0.25, -0.2) is 9.59 Å². The van der Waals surface area contributed by atoms with Crippen molar-refractivity contribution in [2.45, 2.75) is 77.7 Å². The van der Waals surface area contributed by atoms with Crippen LogP contribution in [0.2, 0.25) is 0 Å². The van der Waals surface area contributed by atoms with E-state index in [2.05, 4.69) is 13.8 Å². The number of rotatable bonds is 5. The van der Waals surface area contributed by atoms with Gasteiger partial charge in [0.2, 0.25) is 0 Å². The third kappa shape index (κ3) is 5.50. The number of carboxylic acids is 2. The fourth-order valence-corrected chi connectivity index (χ4v) is 7.39. The van der Waals surface area contributed by atoms with Gasteiger partial charge in [0.15, 0.2) is 0 Å². The van der Waals surface area contributed by atoms with Crippen molar-refractivity contribution in [1.82, 2.24) is 0 Å². The van der Waals surface area contributed by atoms with Crippen LogP contribution in [-0.2, 0) is 28.7 Å². The molecule has 1 unspecified atom stereocenters. The van der Waals surface area contributed by atoms with Crippen LogP contribution in [0.25, 0.3) is 0 Å². The molecule has 0 spiro atoms. The maximum absolute atomic E-state index is 13.2. The van der Waals surface area contributed by atoms with Gasteiger partial charge in [-0.05, 0) is 61.7 Å². The Kier molecular flexibility index (Phi) is 8.19. The Labute approximate surface area is 205 Å². The molecule has 0 amide bonds. The van der Waals surface area contributed by atoms with E-state index in [9.17, 15) is 24.0 Å². The number of Topliss-reactive ketones (excluding diaryl/α,β-unsaturated/α-hetero) is 2. The van der Waals surface area contributed by atoms with Crippen molar-refractivity contribution >= 4 is 29.5 Å². The van der Waals surface area contributed by atoms with Gasteiger partial charge in [-0.1, -0.05) is 13.8 Å². The van der Waals surface area contributed by atoms with Crippen LogP contribution < -0.4 is 5.73 Å². The van der Waals surface area contributed by atoms with Gasteiger partial charge in [-0.15, -0.1) is 0 Å². The SMILES string of the molecule is C[C@]12CC[C@H](OC(=O)CCN)CC1C(=O)C[C@@H]1[C@@H]2CC[C@]2(C)C(=O)CC[C@@H]12.O=C(O)/C=C/C(=O)O. The van der Waals surface area contributed by atoms with Gasteiger partial charge in [0.1, 0.15) is 17.7 Å². The molecule has 0 bridgehead atoms. The molecule has 0 saturated heterocycles. The molecular formula is C26H37NO8. The van der Waals surface area contributed by atoms with Gasteiger partial charge < -0.3 is 20.7 Å². The first-order valence-corrected chi connectivity index (χ1v) is 12.5. The molecule has 4 rings (SSSR count). The molecule has 7 atom stereocenters. The van der Waals surface area contributed by atoms with Crippen molar-refractivity contribution in [2.24, 2.45) is 40.2 Å². The van der Waals surface area contributed by atoms with E-state index in [1.165, 1.54) is 0 Å². The van der Waals surface area contributed by atoms with Crippen LogP contribution in [0.4, 0.5) is 0 Å². The molecule has 4 aliphatic carbocycles. The molecule has 0 heterocycles. The molecule has 4 fully saturated rings. The Hall–Kier alpha value is -2.55. The lowest BCUT2D eigenvalue weighted by Crippen LogP contribution is -2.57. The number of esters is 1. The molecule has 0 aromatic heterocycles. The number of fused-ring (bicyclic) bond motifs is 5. The summed E-state index contributed by atoms with van der Waals surface area (Å²) in [6.45, 7) is 4.74. The third-order valence-electron chi connectivity index (χ3n) is 9.13. The monoisotopic (exact) mass is 491 g/mol. The maximum atomic E-state index is 13.2. The Morgan fingerprint density at radius 2 is 1.69 bits per heavy atom. The molecule has 0 aromatic rings. The van der Waals surface area contributed by atoms with Gasteiger partial charge in [0.25, 0.3) is 0 Å². The van der Waals surface area contributed by atoms with E-state index in [1.807, 2.05) is 0 Å². The van der Waals surface area contributed by atoms with E-state index < -0.39 is 11.9 Å². The lowest BCUT2D eigenvalue weighted by atomic mass is 9.45. The number of ether oxygens (including phenoxy) is 1. The number of carboxylic acid groups (broad SMARTS) is 2. The predicted molar refractivity (Wildman–Crippen MR) is 125 cm³/mol. The van der Waals surface area contributed by atoms with Crippen molar-refractivity contribution in [3.8, 4) is 0 Å². The highest BCUT2D eigenvalue weighted by molar-refractivity contribution is 5.89. The number of carbonyl (C=O) groups is 5. The summed E-state index contributed by atoms with van der Waals surface area (Å²) in [5.41, 5.74) is 5.24. The highest BCUT2D eigenvalue weighted by Gasteiger charge is 2.62. The summed E-state index contributed by atoms with van der Waals surface area (Å²) in [6, 6.07) is 0. The smallest absolute Gasteiger partial charge is 0.328 e. The molecule has 4 N–H and O–H groups in total. The minimum atomic E-state index is -1.26. The van der Waals surface area contributed by atoms with Gasteiger partial charge in [0, 0.05) is 42.9 Å². The zero-order chi connectivity index (χ0) is 26.0. The van der Waals surface area contributed by atoms with Crippen LogP contribution in [0, 0.1) is 34.5 Å². The molecule has 0 radical (unpaired) electrons. The molecule has 4 saturated carbocycles. The van der Waals surface area contributed by atoms with Gasteiger partial charge in [0.05, 0.1) is 6.42 Å². The van der Waals surface area contributed by atoms with Crippen LogP contribution in [0.5, 0.6) is 0 Å². The van der Waals surface area contributed by atoms with Crippen LogP contribution in [0.3, 0.4) is 0 Å². The molecule has 0 aliphatic heterocycles. The van der Waals surface area contributed by atoms with Crippen molar-refractivity contribution in [3.63, 3.8) is 0 Å². The summed E-state index contributed by atoms with van der Waals surface area (Å²) in [6.07, 6.45) is 7.94. The Morgan fingerprint density at radius 3 is 2.29 bits per heavy atom. The van der Waals surface area contributed by atoms with E-state index in [4.69, 9.17) is 20.7 Å². The topological polar surface area (TPSA) is 161 Å². The second kappa shape index (κ2) is 10.6. The van der Waals surface area contributed by atoms with Crippen molar-refractivity contribution in [1.29, 1.82) is 0 Å². The van der Waals surface area contributed by atoms with Crippen molar-refractivity contribution < 1.29 is 38.9 Å². The molecular weight excluding hydrogens is 454 g/mol. The first-order valence-electron chi connectivity index (χ1n) is 12.5. The summed E-state index contributed by atoms with van der Waals surface area (Å²) in [7, 11) is 0. The fourth-order valence-electron chi connectivity index (χ4n) is 7.39. The van der Waals surface area contributed by atoms with E-state index in [0.29, 0.717) is 67.3 Å². The first kappa shape index (κ1) is 27.0. The number of aliphatic carboxylic acids is 2. The molecule has 9 nitrogen and oxygen atoms in total. The minimum Gasteiger partial charge on any atom is -0.478 e. The highest BCUT2D eigenvalue weighted by Crippen LogP contribution is 2.64. The third-order valence-corrected chi connectivity index (χ3v) is 9.13. The van der Waals surface area contributed by atoms with Gasteiger partial charge in [-0.2, -0.15) is 0 Å². The largest absolute Gasteiger partial charge is 0.478 e. The quantitative estimate of drug-likeness (QED) is 0.388. The van der Waals surface area contributed by atoms with Crippen LogP contribution in [-0.4, -0.2) is 52.3 Å². The van der Waals surface area contributed by atoms with E-state index in [0.717, 1.165) is 32.1 Å². The average molecular weight is 492 g/mol.